The van der Waals surface area contributed by atoms with E-state index in [1.165, 1.54) is 0 Å². The summed E-state index contributed by atoms with van der Waals surface area (Å²) < 4.78 is 11.0. The molecular formula is C24H24N2O4. The number of amides is 2. The minimum atomic E-state index is -0.693. The molecule has 154 valence electrons. The predicted octanol–water partition coefficient (Wildman–Crippen LogP) is 4.66. The lowest BCUT2D eigenvalue weighted by Gasteiger charge is -2.15. The summed E-state index contributed by atoms with van der Waals surface area (Å²) in [7, 11) is 1.56. The van der Waals surface area contributed by atoms with Crippen LogP contribution in [-0.4, -0.2) is 25.0 Å². The van der Waals surface area contributed by atoms with Crippen LogP contribution in [-0.2, 0) is 4.79 Å². The maximum Gasteiger partial charge on any atom is 0.265 e. The number of aryl methyl sites for hydroxylation is 1. The first-order valence-corrected chi connectivity index (χ1v) is 9.55. The van der Waals surface area contributed by atoms with E-state index in [2.05, 4.69) is 10.6 Å². The van der Waals surface area contributed by atoms with Gasteiger partial charge in [-0.3, -0.25) is 9.59 Å². The lowest BCUT2D eigenvalue weighted by atomic mass is 10.1. The summed E-state index contributed by atoms with van der Waals surface area (Å²) in [6.07, 6.45) is -0.693. The van der Waals surface area contributed by atoms with E-state index >= 15 is 0 Å². The van der Waals surface area contributed by atoms with Gasteiger partial charge in [0.05, 0.1) is 12.8 Å². The summed E-state index contributed by atoms with van der Waals surface area (Å²) >= 11 is 0. The minimum Gasteiger partial charge on any atom is -0.495 e. The first-order valence-electron chi connectivity index (χ1n) is 9.55. The zero-order valence-electron chi connectivity index (χ0n) is 17.1. The minimum absolute atomic E-state index is 0.255. The van der Waals surface area contributed by atoms with Crippen molar-refractivity contribution in [3.05, 3.63) is 83.9 Å². The molecule has 0 aliphatic carbocycles. The topological polar surface area (TPSA) is 76.7 Å². The molecule has 0 aliphatic heterocycles. The number of carbonyl (C=O) groups is 2. The molecule has 2 amide bonds. The van der Waals surface area contributed by atoms with Gasteiger partial charge in [-0.05, 0) is 67.9 Å². The van der Waals surface area contributed by atoms with E-state index in [1.54, 1.807) is 50.4 Å². The normalized spacial score (nSPS) is 11.3. The molecule has 0 aliphatic rings. The number of hydrogen-bond acceptors (Lipinski definition) is 4. The Kier molecular flexibility index (Phi) is 6.70. The molecule has 1 unspecified atom stereocenters. The van der Waals surface area contributed by atoms with Crippen molar-refractivity contribution >= 4 is 23.2 Å². The smallest absolute Gasteiger partial charge is 0.265 e. The second-order valence-electron chi connectivity index (χ2n) is 6.80. The molecule has 1 atom stereocenters. The molecule has 0 saturated carbocycles. The van der Waals surface area contributed by atoms with Gasteiger partial charge < -0.3 is 20.1 Å². The number of anilines is 2. The largest absolute Gasteiger partial charge is 0.495 e. The number of methoxy groups -OCH3 is 1. The lowest BCUT2D eigenvalue weighted by molar-refractivity contribution is -0.122. The second kappa shape index (κ2) is 9.60. The third-order valence-corrected chi connectivity index (χ3v) is 4.44. The molecule has 2 N–H and O–H groups in total. The van der Waals surface area contributed by atoms with Crippen LogP contribution >= 0.6 is 0 Å². The predicted molar refractivity (Wildman–Crippen MR) is 117 cm³/mol. The van der Waals surface area contributed by atoms with Crippen LogP contribution in [0.2, 0.25) is 0 Å². The van der Waals surface area contributed by atoms with Crippen molar-refractivity contribution in [1.82, 2.24) is 0 Å². The summed E-state index contributed by atoms with van der Waals surface area (Å²) in [5.74, 6) is 0.567. The van der Waals surface area contributed by atoms with Crippen molar-refractivity contribution in [2.75, 3.05) is 17.7 Å². The van der Waals surface area contributed by atoms with Gasteiger partial charge in [-0.25, -0.2) is 0 Å². The fourth-order valence-corrected chi connectivity index (χ4v) is 2.82. The maximum atomic E-state index is 12.6. The quantitative estimate of drug-likeness (QED) is 0.600. The highest BCUT2D eigenvalue weighted by atomic mass is 16.5. The van der Waals surface area contributed by atoms with Crippen LogP contribution in [0.4, 0.5) is 11.4 Å². The van der Waals surface area contributed by atoms with Crippen LogP contribution in [0.3, 0.4) is 0 Å². The number of ether oxygens (including phenoxy) is 2. The van der Waals surface area contributed by atoms with E-state index in [0.29, 0.717) is 28.4 Å². The van der Waals surface area contributed by atoms with Crippen molar-refractivity contribution in [1.29, 1.82) is 0 Å². The average Bonchev–Trinajstić information content (AvgIpc) is 2.75. The van der Waals surface area contributed by atoms with Gasteiger partial charge in [-0.2, -0.15) is 0 Å². The highest BCUT2D eigenvalue weighted by Crippen LogP contribution is 2.26. The van der Waals surface area contributed by atoms with Gasteiger partial charge in [0.15, 0.2) is 6.10 Å². The van der Waals surface area contributed by atoms with Crippen LogP contribution in [0, 0.1) is 6.92 Å². The monoisotopic (exact) mass is 404 g/mol. The molecule has 0 spiro atoms. The molecule has 0 bridgehead atoms. The molecule has 3 aromatic carbocycles. The number of nitrogens with one attached hydrogen (secondary N) is 2. The molecule has 0 fully saturated rings. The van der Waals surface area contributed by atoms with Gasteiger partial charge in [0.2, 0.25) is 0 Å². The van der Waals surface area contributed by atoms with Crippen LogP contribution in [0.15, 0.2) is 72.8 Å². The number of rotatable bonds is 7. The Morgan fingerprint density at radius 2 is 1.60 bits per heavy atom. The summed E-state index contributed by atoms with van der Waals surface area (Å²) in [5, 5.41) is 5.65. The third kappa shape index (κ3) is 5.38. The van der Waals surface area contributed by atoms with Crippen molar-refractivity contribution in [2.45, 2.75) is 20.0 Å². The first kappa shape index (κ1) is 20.9. The number of carbonyl (C=O) groups excluding carboxylic acids is 2. The molecule has 0 aromatic heterocycles. The Morgan fingerprint density at radius 1 is 0.900 bits per heavy atom. The Bertz CT molecular complexity index is 1020. The van der Waals surface area contributed by atoms with Crippen molar-refractivity contribution in [3.8, 4) is 11.5 Å². The maximum absolute atomic E-state index is 12.6. The average molecular weight is 404 g/mol. The van der Waals surface area contributed by atoms with Crippen molar-refractivity contribution < 1.29 is 19.1 Å². The van der Waals surface area contributed by atoms with Crippen LogP contribution in [0.5, 0.6) is 11.5 Å². The van der Waals surface area contributed by atoms with E-state index in [-0.39, 0.29) is 11.8 Å². The zero-order valence-corrected chi connectivity index (χ0v) is 17.1. The highest BCUT2D eigenvalue weighted by Gasteiger charge is 2.15. The Labute approximate surface area is 175 Å². The van der Waals surface area contributed by atoms with E-state index in [1.807, 2.05) is 43.3 Å². The van der Waals surface area contributed by atoms with E-state index in [0.717, 1.165) is 5.56 Å². The fraction of sp³-hybridized carbons (Fsp3) is 0.167. The Balaban J connectivity index is 1.61. The highest BCUT2D eigenvalue weighted by molar-refractivity contribution is 6.05. The van der Waals surface area contributed by atoms with E-state index < -0.39 is 6.10 Å². The molecule has 3 aromatic rings. The SMILES string of the molecule is COc1ccc(C)cc1NC(=O)c1ccc(OC(C)C(=O)Nc2ccccc2)cc1. The zero-order chi connectivity index (χ0) is 21.5. The van der Waals surface area contributed by atoms with Crippen molar-refractivity contribution in [2.24, 2.45) is 0 Å². The lowest BCUT2D eigenvalue weighted by Crippen LogP contribution is -2.30. The van der Waals surface area contributed by atoms with Gasteiger partial charge in [-0.15, -0.1) is 0 Å². The van der Waals surface area contributed by atoms with Gasteiger partial charge in [0.1, 0.15) is 11.5 Å². The summed E-state index contributed by atoms with van der Waals surface area (Å²) in [6, 6.07) is 21.4. The standard InChI is InChI=1S/C24H24N2O4/c1-16-9-14-22(29-3)21(15-16)26-24(28)18-10-12-20(13-11-18)30-17(2)23(27)25-19-7-5-4-6-8-19/h4-15,17H,1-3H3,(H,25,27)(H,26,28). The van der Waals surface area contributed by atoms with Crippen LogP contribution in [0.25, 0.3) is 0 Å². The first-order chi connectivity index (χ1) is 14.5. The molecule has 3 rings (SSSR count). The second-order valence-corrected chi connectivity index (χ2v) is 6.80. The van der Waals surface area contributed by atoms with E-state index in [4.69, 9.17) is 9.47 Å². The van der Waals surface area contributed by atoms with Gasteiger partial charge in [-0.1, -0.05) is 24.3 Å². The molecule has 0 radical (unpaired) electrons. The number of benzene rings is 3. The third-order valence-electron chi connectivity index (χ3n) is 4.44. The van der Waals surface area contributed by atoms with Gasteiger partial charge >= 0.3 is 0 Å². The summed E-state index contributed by atoms with van der Waals surface area (Å²) in [4.78, 5) is 24.8. The molecule has 6 heteroatoms. The van der Waals surface area contributed by atoms with Crippen LogP contribution in [0.1, 0.15) is 22.8 Å². The van der Waals surface area contributed by atoms with Gasteiger partial charge in [0.25, 0.3) is 11.8 Å². The molecule has 0 heterocycles. The number of hydrogen-bond donors (Lipinski definition) is 2. The molecule has 0 saturated heterocycles. The Morgan fingerprint density at radius 3 is 2.27 bits per heavy atom. The number of para-hydroxylation sites is 1. The molecular weight excluding hydrogens is 380 g/mol. The van der Waals surface area contributed by atoms with Crippen LogP contribution < -0.4 is 20.1 Å². The van der Waals surface area contributed by atoms with E-state index in [9.17, 15) is 9.59 Å². The van der Waals surface area contributed by atoms with Crippen molar-refractivity contribution in [3.63, 3.8) is 0 Å². The van der Waals surface area contributed by atoms with Gasteiger partial charge in [0, 0.05) is 11.3 Å². The molecule has 6 nitrogen and oxygen atoms in total. The fourth-order valence-electron chi connectivity index (χ4n) is 2.82. The Hall–Kier alpha value is -3.80. The summed E-state index contributed by atoms with van der Waals surface area (Å²) in [6.45, 7) is 3.61. The summed E-state index contributed by atoms with van der Waals surface area (Å²) in [5.41, 5.74) is 2.79. The molecule has 30 heavy (non-hydrogen) atoms.